The number of carbonyl (C=O) groups excluding carboxylic acids is 1. The van der Waals surface area contributed by atoms with Crippen LogP contribution in [0.3, 0.4) is 0 Å². The van der Waals surface area contributed by atoms with E-state index in [1.54, 1.807) is 4.68 Å². The first kappa shape index (κ1) is 18.9. The van der Waals surface area contributed by atoms with Gasteiger partial charge >= 0.3 is 0 Å². The highest BCUT2D eigenvalue weighted by molar-refractivity contribution is 5.77. The van der Waals surface area contributed by atoms with E-state index in [4.69, 9.17) is 0 Å². The molecule has 154 valence electrons. The van der Waals surface area contributed by atoms with E-state index in [0.29, 0.717) is 24.7 Å². The Hall–Kier alpha value is -2.14. The Morgan fingerprint density at radius 2 is 2.03 bits per heavy atom. The SMILES string of the molecule is Cc1cnn(CC(=O)N2[C@H]3CCCC[C@H]4N[C@H](Cc5ccccc5)[C@@H]2C[C@@]34C)c1. The first-order valence-electron chi connectivity index (χ1n) is 11.1. The van der Waals surface area contributed by atoms with Crippen LogP contribution in [0.5, 0.6) is 0 Å². The molecule has 2 saturated heterocycles. The van der Waals surface area contributed by atoms with Crippen molar-refractivity contribution in [2.75, 3.05) is 0 Å². The molecule has 1 N–H and O–H groups in total. The zero-order valence-corrected chi connectivity index (χ0v) is 17.6. The predicted molar refractivity (Wildman–Crippen MR) is 113 cm³/mol. The summed E-state index contributed by atoms with van der Waals surface area (Å²) in [7, 11) is 0. The lowest BCUT2D eigenvalue weighted by molar-refractivity contribution is -0.136. The molecule has 3 heterocycles. The van der Waals surface area contributed by atoms with Crippen LogP contribution in [0.25, 0.3) is 0 Å². The fourth-order valence-corrected chi connectivity index (χ4v) is 6.27. The fourth-order valence-electron chi connectivity index (χ4n) is 6.27. The monoisotopic (exact) mass is 392 g/mol. The zero-order chi connectivity index (χ0) is 20.0. The van der Waals surface area contributed by atoms with Gasteiger partial charge in [0.05, 0.1) is 6.20 Å². The zero-order valence-electron chi connectivity index (χ0n) is 17.6. The number of nitrogens with zero attached hydrogens (tertiary/aromatic N) is 3. The van der Waals surface area contributed by atoms with E-state index in [2.05, 4.69) is 52.6 Å². The van der Waals surface area contributed by atoms with Gasteiger partial charge in [0.2, 0.25) is 5.91 Å². The van der Waals surface area contributed by atoms with Gasteiger partial charge < -0.3 is 10.2 Å². The number of likely N-dealkylation sites (tertiary alicyclic amines) is 1. The summed E-state index contributed by atoms with van der Waals surface area (Å²) in [6.07, 6.45) is 10.7. The van der Waals surface area contributed by atoms with Crippen LogP contribution in [0.1, 0.15) is 50.2 Å². The van der Waals surface area contributed by atoms with Crippen LogP contribution < -0.4 is 5.32 Å². The molecule has 0 radical (unpaired) electrons. The topological polar surface area (TPSA) is 50.2 Å². The second-order valence-electron chi connectivity index (χ2n) is 9.61. The third-order valence-electron chi connectivity index (χ3n) is 7.65. The maximum absolute atomic E-state index is 13.6. The van der Waals surface area contributed by atoms with Crippen molar-refractivity contribution in [2.45, 2.75) is 83.1 Å². The predicted octanol–water partition coefficient (Wildman–Crippen LogP) is 3.32. The van der Waals surface area contributed by atoms with Crippen molar-refractivity contribution in [1.29, 1.82) is 0 Å². The molecule has 5 heteroatoms. The van der Waals surface area contributed by atoms with Gasteiger partial charge in [-0.05, 0) is 43.7 Å². The Morgan fingerprint density at radius 1 is 1.24 bits per heavy atom. The Balaban J connectivity index is 1.46. The van der Waals surface area contributed by atoms with Crippen molar-refractivity contribution < 1.29 is 4.79 Å². The molecule has 2 aromatic rings. The van der Waals surface area contributed by atoms with Crippen molar-refractivity contribution >= 4 is 5.91 Å². The number of piperidine rings is 1. The van der Waals surface area contributed by atoms with Gasteiger partial charge in [-0.15, -0.1) is 0 Å². The number of hydrogen-bond acceptors (Lipinski definition) is 3. The third-order valence-corrected chi connectivity index (χ3v) is 7.65. The average molecular weight is 393 g/mol. The number of amides is 1. The van der Waals surface area contributed by atoms with Crippen LogP contribution in [-0.4, -0.2) is 44.8 Å². The van der Waals surface area contributed by atoms with Crippen LogP contribution in [0.15, 0.2) is 42.7 Å². The Labute approximate surface area is 173 Å². The van der Waals surface area contributed by atoms with Crippen molar-refractivity contribution in [3.05, 3.63) is 53.9 Å². The maximum Gasteiger partial charge on any atom is 0.244 e. The minimum absolute atomic E-state index is 0.185. The lowest BCUT2D eigenvalue weighted by atomic mass is 9.70. The maximum atomic E-state index is 13.6. The van der Waals surface area contributed by atoms with E-state index >= 15 is 0 Å². The molecular weight excluding hydrogens is 360 g/mol. The second-order valence-corrected chi connectivity index (χ2v) is 9.61. The van der Waals surface area contributed by atoms with Crippen molar-refractivity contribution in [3.8, 4) is 0 Å². The lowest BCUT2D eigenvalue weighted by Crippen LogP contribution is -2.57. The van der Waals surface area contributed by atoms with E-state index in [0.717, 1.165) is 24.8 Å². The highest BCUT2D eigenvalue weighted by atomic mass is 16.2. The number of carbonyl (C=O) groups is 1. The smallest absolute Gasteiger partial charge is 0.244 e. The van der Waals surface area contributed by atoms with Crippen molar-refractivity contribution in [1.82, 2.24) is 20.0 Å². The van der Waals surface area contributed by atoms with Crippen LogP contribution >= 0.6 is 0 Å². The molecule has 3 fully saturated rings. The number of aryl methyl sites for hydroxylation is 1. The van der Waals surface area contributed by atoms with Crippen LogP contribution in [0.4, 0.5) is 0 Å². The summed E-state index contributed by atoms with van der Waals surface area (Å²) in [5, 5.41) is 8.38. The number of hydrogen-bond donors (Lipinski definition) is 1. The molecule has 1 aromatic carbocycles. The number of benzene rings is 1. The highest BCUT2D eigenvalue weighted by Gasteiger charge is 2.60. The molecule has 2 bridgehead atoms. The van der Waals surface area contributed by atoms with Crippen LogP contribution in [0.2, 0.25) is 0 Å². The van der Waals surface area contributed by atoms with Gasteiger partial charge in [0, 0.05) is 35.8 Å². The molecule has 1 saturated carbocycles. The first-order chi connectivity index (χ1) is 14.0. The summed E-state index contributed by atoms with van der Waals surface area (Å²) in [6.45, 7) is 4.80. The van der Waals surface area contributed by atoms with Gasteiger partial charge in [0.15, 0.2) is 0 Å². The summed E-state index contributed by atoms with van der Waals surface area (Å²) < 4.78 is 1.80. The molecule has 1 aliphatic carbocycles. The van der Waals surface area contributed by atoms with Gasteiger partial charge in [0.1, 0.15) is 6.54 Å². The minimum Gasteiger partial charge on any atom is -0.333 e. The summed E-state index contributed by atoms with van der Waals surface area (Å²) >= 11 is 0. The van der Waals surface area contributed by atoms with E-state index in [-0.39, 0.29) is 17.4 Å². The number of fused-ring (bicyclic) bond motifs is 1. The minimum atomic E-state index is 0.185. The molecule has 1 amide bonds. The third kappa shape index (κ3) is 3.29. The average Bonchev–Trinajstić information content (AvgIpc) is 3.17. The molecular formula is C24H32N4O. The van der Waals surface area contributed by atoms with E-state index in [1.807, 2.05) is 19.3 Å². The number of nitrogens with one attached hydrogen (secondary N) is 1. The number of aromatic nitrogens is 2. The van der Waals surface area contributed by atoms with Crippen molar-refractivity contribution in [3.63, 3.8) is 0 Å². The molecule has 5 atom stereocenters. The molecule has 5 rings (SSSR count). The van der Waals surface area contributed by atoms with E-state index in [1.165, 1.54) is 24.8 Å². The number of rotatable bonds is 4. The normalized spacial score (nSPS) is 33.5. The Bertz CT molecular complexity index is 878. The molecule has 2 aliphatic heterocycles. The van der Waals surface area contributed by atoms with Gasteiger partial charge in [-0.2, -0.15) is 5.10 Å². The standard InChI is InChI=1S/C24H32N4O/c1-17-14-25-27(15-17)16-23(29)28-20-13-24(2)21(10-6-7-11-22(24)28)26-19(20)12-18-8-4-3-5-9-18/h3-5,8-9,14-15,19-22,26H,6-7,10-13,16H2,1-2H3/t19-,20+,21-,22+,24-/m1/s1. The fraction of sp³-hybridized carbons (Fsp3) is 0.583. The molecule has 1 aromatic heterocycles. The summed E-state index contributed by atoms with van der Waals surface area (Å²) in [4.78, 5) is 15.8. The highest BCUT2D eigenvalue weighted by Crippen LogP contribution is 2.52. The molecule has 5 nitrogen and oxygen atoms in total. The first-order valence-corrected chi connectivity index (χ1v) is 11.1. The summed E-state index contributed by atoms with van der Waals surface area (Å²) in [6, 6.07) is 12.2. The van der Waals surface area contributed by atoms with E-state index in [9.17, 15) is 4.79 Å². The molecule has 0 unspecified atom stereocenters. The van der Waals surface area contributed by atoms with Gasteiger partial charge in [0.25, 0.3) is 0 Å². The largest absolute Gasteiger partial charge is 0.333 e. The molecule has 29 heavy (non-hydrogen) atoms. The molecule has 0 spiro atoms. The summed E-state index contributed by atoms with van der Waals surface area (Å²) in [5.74, 6) is 0.231. The lowest BCUT2D eigenvalue weighted by Gasteiger charge is -2.43. The van der Waals surface area contributed by atoms with Gasteiger partial charge in [-0.3, -0.25) is 9.48 Å². The second kappa shape index (κ2) is 7.28. The summed E-state index contributed by atoms with van der Waals surface area (Å²) in [5.41, 5.74) is 2.63. The van der Waals surface area contributed by atoms with E-state index < -0.39 is 0 Å². The van der Waals surface area contributed by atoms with Crippen molar-refractivity contribution in [2.24, 2.45) is 5.41 Å². The Morgan fingerprint density at radius 3 is 2.79 bits per heavy atom. The quantitative estimate of drug-likeness (QED) is 0.868. The van der Waals surface area contributed by atoms with Crippen LogP contribution in [0, 0.1) is 12.3 Å². The van der Waals surface area contributed by atoms with Gasteiger partial charge in [-0.1, -0.05) is 50.1 Å². The molecule has 3 aliphatic rings. The Kier molecular flexibility index (Phi) is 4.73. The van der Waals surface area contributed by atoms with Gasteiger partial charge in [-0.25, -0.2) is 0 Å². The van der Waals surface area contributed by atoms with Crippen LogP contribution in [-0.2, 0) is 17.8 Å².